The summed E-state index contributed by atoms with van der Waals surface area (Å²) in [6.07, 6.45) is 7.38. The minimum absolute atomic E-state index is 0.0601. The SMILES string of the molecule is Cc1cnc(CNC(=O)C2(CN)CCCC2)cn1. The number of aromatic nitrogens is 2. The molecule has 0 aliphatic heterocycles. The largest absolute Gasteiger partial charge is 0.350 e. The van der Waals surface area contributed by atoms with E-state index in [0.29, 0.717) is 13.1 Å². The van der Waals surface area contributed by atoms with Crippen molar-refractivity contribution in [3.63, 3.8) is 0 Å². The highest BCUT2D eigenvalue weighted by Crippen LogP contribution is 2.37. The van der Waals surface area contributed by atoms with E-state index >= 15 is 0 Å². The molecule has 0 radical (unpaired) electrons. The Balaban J connectivity index is 1.93. The first-order valence-corrected chi connectivity index (χ1v) is 6.42. The molecule has 1 aromatic rings. The van der Waals surface area contributed by atoms with Crippen LogP contribution in [0.1, 0.15) is 37.1 Å². The van der Waals surface area contributed by atoms with E-state index in [0.717, 1.165) is 37.1 Å². The average molecular weight is 248 g/mol. The van der Waals surface area contributed by atoms with Gasteiger partial charge in [0.2, 0.25) is 5.91 Å². The van der Waals surface area contributed by atoms with Crippen molar-refractivity contribution in [3.8, 4) is 0 Å². The lowest BCUT2D eigenvalue weighted by atomic mass is 9.85. The van der Waals surface area contributed by atoms with Crippen molar-refractivity contribution in [3.05, 3.63) is 23.8 Å². The monoisotopic (exact) mass is 248 g/mol. The Hall–Kier alpha value is -1.49. The summed E-state index contributed by atoms with van der Waals surface area (Å²) in [6.45, 7) is 2.74. The standard InChI is InChI=1S/C13H20N4O/c1-10-6-16-11(7-15-10)8-17-12(18)13(9-14)4-2-3-5-13/h6-7H,2-5,8-9,14H2,1H3,(H,17,18). The number of carbonyl (C=O) groups excluding carboxylic acids is 1. The van der Waals surface area contributed by atoms with Crippen LogP contribution in [0.2, 0.25) is 0 Å². The zero-order valence-corrected chi connectivity index (χ0v) is 10.8. The summed E-state index contributed by atoms with van der Waals surface area (Å²) in [5.74, 6) is 0.0601. The lowest BCUT2D eigenvalue weighted by Crippen LogP contribution is -2.43. The van der Waals surface area contributed by atoms with E-state index < -0.39 is 0 Å². The van der Waals surface area contributed by atoms with Gasteiger partial charge in [0.05, 0.1) is 29.5 Å². The Labute approximate surface area is 107 Å². The molecule has 5 heteroatoms. The number of hydrogen-bond acceptors (Lipinski definition) is 4. The molecular formula is C13H20N4O. The van der Waals surface area contributed by atoms with E-state index in [1.165, 1.54) is 0 Å². The molecule has 1 saturated carbocycles. The Morgan fingerprint density at radius 2 is 2.11 bits per heavy atom. The number of nitrogens with zero attached hydrogens (tertiary/aromatic N) is 2. The highest BCUT2D eigenvalue weighted by Gasteiger charge is 2.39. The van der Waals surface area contributed by atoms with Crippen LogP contribution in [0.5, 0.6) is 0 Å². The van der Waals surface area contributed by atoms with E-state index in [-0.39, 0.29) is 11.3 Å². The van der Waals surface area contributed by atoms with Gasteiger partial charge in [-0.15, -0.1) is 0 Å². The Morgan fingerprint density at radius 1 is 1.39 bits per heavy atom. The summed E-state index contributed by atoms with van der Waals surface area (Å²) >= 11 is 0. The van der Waals surface area contributed by atoms with Crippen molar-refractivity contribution < 1.29 is 4.79 Å². The molecule has 2 rings (SSSR count). The average Bonchev–Trinajstić information content (AvgIpc) is 2.88. The summed E-state index contributed by atoms with van der Waals surface area (Å²) in [6, 6.07) is 0. The lowest BCUT2D eigenvalue weighted by Gasteiger charge is -2.25. The molecule has 98 valence electrons. The van der Waals surface area contributed by atoms with Gasteiger partial charge in [0.1, 0.15) is 0 Å². The van der Waals surface area contributed by atoms with Crippen LogP contribution in [0, 0.1) is 12.3 Å². The summed E-state index contributed by atoms with van der Waals surface area (Å²) in [4.78, 5) is 20.6. The van der Waals surface area contributed by atoms with Gasteiger partial charge < -0.3 is 11.1 Å². The maximum absolute atomic E-state index is 12.2. The zero-order chi connectivity index (χ0) is 13.0. The van der Waals surface area contributed by atoms with Crippen molar-refractivity contribution >= 4 is 5.91 Å². The number of nitrogens with two attached hydrogens (primary N) is 1. The van der Waals surface area contributed by atoms with Crippen LogP contribution >= 0.6 is 0 Å². The second-order valence-corrected chi connectivity index (χ2v) is 5.02. The van der Waals surface area contributed by atoms with E-state index in [9.17, 15) is 4.79 Å². The molecule has 1 fully saturated rings. The van der Waals surface area contributed by atoms with Crippen LogP contribution in [0.25, 0.3) is 0 Å². The first-order chi connectivity index (χ1) is 8.66. The van der Waals surface area contributed by atoms with Gasteiger partial charge in [0, 0.05) is 12.7 Å². The third-order valence-corrected chi connectivity index (χ3v) is 3.70. The van der Waals surface area contributed by atoms with Gasteiger partial charge in [0.15, 0.2) is 0 Å². The van der Waals surface area contributed by atoms with Crippen LogP contribution in [0.4, 0.5) is 0 Å². The minimum Gasteiger partial charge on any atom is -0.350 e. The number of rotatable bonds is 4. The molecule has 0 aromatic carbocycles. The normalized spacial score (nSPS) is 17.7. The quantitative estimate of drug-likeness (QED) is 0.830. The van der Waals surface area contributed by atoms with Crippen LogP contribution < -0.4 is 11.1 Å². The molecule has 0 spiro atoms. The maximum Gasteiger partial charge on any atom is 0.227 e. The summed E-state index contributed by atoms with van der Waals surface area (Å²) in [7, 11) is 0. The lowest BCUT2D eigenvalue weighted by molar-refractivity contribution is -0.130. The smallest absolute Gasteiger partial charge is 0.227 e. The van der Waals surface area contributed by atoms with Crippen molar-refractivity contribution in [2.24, 2.45) is 11.1 Å². The molecule has 0 saturated heterocycles. The third-order valence-electron chi connectivity index (χ3n) is 3.70. The first kappa shape index (κ1) is 13.0. The topological polar surface area (TPSA) is 80.9 Å². The molecule has 0 unspecified atom stereocenters. The molecule has 1 aromatic heterocycles. The van der Waals surface area contributed by atoms with Crippen molar-refractivity contribution in [2.45, 2.75) is 39.2 Å². The second kappa shape index (κ2) is 5.44. The van der Waals surface area contributed by atoms with E-state index in [2.05, 4.69) is 15.3 Å². The fourth-order valence-electron chi connectivity index (χ4n) is 2.44. The molecule has 1 amide bonds. The Kier molecular flexibility index (Phi) is 3.91. The van der Waals surface area contributed by atoms with E-state index in [1.807, 2.05) is 6.92 Å². The predicted molar refractivity (Wildman–Crippen MR) is 68.6 cm³/mol. The molecule has 5 nitrogen and oxygen atoms in total. The van der Waals surface area contributed by atoms with Crippen molar-refractivity contribution in [1.82, 2.24) is 15.3 Å². The molecule has 1 aliphatic rings. The summed E-state index contributed by atoms with van der Waals surface area (Å²) < 4.78 is 0. The van der Waals surface area contributed by atoms with Crippen LogP contribution in [-0.4, -0.2) is 22.4 Å². The molecule has 3 N–H and O–H groups in total. The molecule has 1 heterocycles. The van der Waals surface area contributed by atoms with Gasteiger partial charge >= 0.3 is 0 Å². The fourth-order valence-corrected chi connectivity index (χ4v) is 2.44. The van der Waals surface area contributed by atoms with E-state index in [1.54, 1.807) is 12.4 Å². The Morgan fingerprint density at radius 3 is 2.67 bits per heavy atom. The van der Waals surface area contributed by atoms with Gasteiger partial charge in [-0.2, -0.15) is 0 Å². The second-order valence-electron chi connectivity index (χ2n) is 5.02. The Bertz CT molecular complexity index is 410. The van der Waals surface area contributed by atoms with Crippen LogP contribution in [-0.2, 0) is 11.3 Å². The number of aryl methyl sites for hydroxylation is 1. The maximum atomic E-state index is 12.2. The molecule has 0 bridgehead atoms. The van der Waals surface area contributed by atoms with Gasteiger partial charge in [-0.1, -0.05) is 12.8 Å². The van der Waals surface area contributed by atoms with Crippen molar-refractivity contribution in [1.29, 1.82) is 0 Å². The summed E-state index contributed by atoms with van der Waals surface area (Å²) in [5, 5.41) is 2.93. The van der Waals surface area contributed by atoms with Gasteiger partial charge in [-0.3, -0.25) is 14.8 Å². The molecule has 0 atom stereocenters. The number of nitrogens with one attached hydrogen (secondary N) is 1. The van der Waals surface area contributed by atoms with E-state index in [4.69, 9.17) is 5.73 Å². The summed E-state index contributed by atoms with van der Waals surface area (Å²) in [5.41, 5.74) is 7.07. The number of hydrogen-bond donors (Lipinski definition) is 2. The van der Waals surface area contributed by atoms with Gasteiger partial charge in [-0.05, 0) is 19.8 Å². The molecule has 1 aliphatic carbocycles. The third kappa shape index (κ3) is 2.67. The van der Waals surface area contributed by atoms with Crippen LogP contribution in [0.3, 0.4) is 0 Å². The fraction of sp³-hybridized carbons (Fsp3) is 0.615. The van der Waals surface area contributed by atoms with Gasteiger partial charge in [-0.25, -0.2) is 0 Å². The molecule has 18 heavy (non-hydrogen) atoms. The molecular weight excluding hydrogens is 228 g/mol. The van der Waals surface area contributed by atoms with Crippen LogP contribution in [0.15, 0.2) is 12.4 Å². The van der Waals surface area contributed by atoms with Crippen molar-refractivity contribution in [2.75, 3.05) is 6.54 Å². The minimum atomic E-state index is -0.349. The first-order valence-electron chi connectivity index (χ1n) is 6.42. The highest BCUT2D eigenvalue weighted by atomic mass is 16.2. The van der Waals surface area contributed by atoms with Gasteiger partial charge in [0.25, 0.3) is 0 Å². The number of carbonyl (C=O) groups is 1. The number of amides is 1. The zero-order valence-electron chi connectivity index (χ0n) is 10.8. The highest BCUT2D eigenvalue weighted by molar-refractivity contribution is 5.83. The predicted octanol–water partition coefficient (Wildman–Crippen LogP) is 0.920.